The third-order valence-electron chi connectivity index (χ3n) is 3.50. The molecule has 1 heterocycles. The number of aryl methyl sites for hydroxylation is 1. The topological polar surface area (TPSA) is 74.8 Å². The van der Waals surface area contributed by atoms with Gasteiger partial charge in [-0.2, -0.15) is 5.10 Å². The number of aromatic nitrogens is 2. The fourth-order valence-corrected chi connectivity index (χ4v) is 2.84. The fourth-order valence-electron chi connectivity index (χ4n) is 2.21. The van der Waals surface area contributed by atoms with E-state index in [1.807, 2.05) is 31.2 Å². The first-order valence-electron chi connectivity index (χ1n) is 7.03. The maximum absolute atomic E-state index is 11.5. The van der Waals surface area contributed by atoms with E-state index in [9.17, 15) is 8.42 Å². The van der Waals surface area contributed by atoms with Gasteiger partial charge in [0.15, 0.2) is 15.7 Å². The minimum absolute atomic E-state index is 0.301. The SMILES string of the molecule is Cc1c[c]ccc1Nc1cc(-c2ccc(S(C)(=O)=O)cc2)[nH]n1. The average Bonchev–Trinajstić information content (AvgIpc) is 2.97. The Morgan fingerprint density at radius 2 is 1.91 bits per heavy atom. The minimum Gasteiger partial charge on any atom is -0.339 e. The highest BCUT2D eigenvalue weighted by Gasteiger charge is 2.09. The second-order valence-corrected chi connectivity index (χ2v) is 7.35. The third kappa shape index (κ3) is 3.43. The van der Waals surface area contributed by atoms with Gasteiger partial charge in [0.2, 0.25) is 0 Å². The van der Waals surface area contributed by atoms with Gasteiger partial charge in [-0.15, -0.1) is 0 Å². The van der Waals surface area contributed by atoms with E-state index in [0.717, 1.165) is 22.5 Å². The predicted octanol–water partition coefficient (Wildman–Crippen LogP) is 3.33. The maximum Gasteiger partial charge on any atom is 0.175 e. The van der Waals surface area contributed by atoms with Gasteiger partial charge in [0.1, 0.15) is 0 Å². The quantitative estimate of drug-likeness (QED) is 0.771. The van der Waals surface area contributed by atoms with Gasteiger partial charge < -0.3 is 5.32 Å². The summed E-state index contributed by atoms with van der Waals surface area (Å²) in [6, 6.07) is 17.3. The van der Waals surface area contributed by atoms with Crippen molar-refractivity contribution in [1.29, 1.82) is 0 Å². The van der Waals surface area contributed by atoms with E-state index < -0.39 is 9.84 Å². The van der Waals surface area contributed by atoms with Crippen molar-refractivity contribution in [2.24, 2.45) is 0 Å². The average molecular weight is 326 g/mol. The molecule has 0 aliphatic rings. The molecule has 1 radical (unpaired) electrons. The Morgan fingerprint density at radius 1 is 1.17 bits per heavy atom. The van der Waals surface area contributed by atoms with Gasteiger partial charge in [0.05, 0.1) is 10.6 Å². The van der Waals surface area contributed by atoms with Crippen LogP contribution in [0.1, 0.15) is 5.56 Å². The first-order chi connectivity index (χ1) is 10.9. The largest absolute Gasteiger partial charge is 0.339 e. The predicted molar refractivity (Wildman–Crippen MR) is 90.4 cm³/mol. The summed E-state index contributed by atoms with van der Waals surface area (Å²) in [4.78, 5) is 0.301. The van der Waals surface area contributed by atoms with Gasteiger partial charge in [-0.05, 0) is 48.4 Å². The summed E-state index contributed by atoms with van der Waals surface area (Å²) < 4.78 is 23.0. The van der Waals surface area contributed by atoms with Gasteiger partial charge in [-0.3, -0.25) is 5.10 Å². The molecule has 2 N–H and O–H groups in total. The Morgan fingerprint density at radius 3 is 2.57 bits per heavy atom. The number of nitrogens with zero attached hydrogens (tertiary/aromatic N) is 1. The summed E-state index contributed by atoms with van der Waals surface area (Å²) in [6.07, 6.45) is 1.19. The summed E-state index contributed by atoms with van der Waals surface area (Å²) in [7, 11) is -3.18. The molecule has 0 bridgehead atoms. The molecular formula is C17H16N3O2S. The Hall–Kier alpha value is -2.60. The summed E-state index contributed by atoms with van der Waals surface area (Å²) >= 11 is 0. The number of hydrogen-bond donors (Lipinski definition) is 2. The molecule has 2 aromatic carbocycles. The third-order valence-corrected chi connectivity index (χ3v) is 4.63. The Balaban J connectivity index is 1.83. The van der Waals surface area contributed by atoms with Crippen LogP contribution in [0.2, 0.25) is 0 Å². The molecule has 1 aromatic heterocycles. The van der Waals surface area contributed by atoms with Crippen LogP contribution in [0.25, 0.3) is 11.3 Å². The van der Waals surface area contributed by atoms with E-state index in [4.69, 9.17) is 0 Å². The number of hydrogen-bond acceptors (Lipinski definition) is 4. The lowest BCUT2D eigenvalue weighted by Crippen LogP contribution is -1.96. The van der Waals surface area contributed by atoms with Crippen LogP contribution in [0, 0.1) is 13.0 Å². The lowest BCUT2D eigenvalue weighted by atomic mass is 10.1. The molecule has 117 valence electrons. The molecule has 6 heteroatoms. The zero-order valence-corrected chi connectivity index (χ0v) is 13.6. The van der Waals surface area contributed by atoms with Crippen molar-refractivity contribution < 1.29 is 8.42 Å². The van der Waals surface area contributed by atoms with Crippen molar-refractivity contribution in [3.05, 3.63) is 60.2 Å². The van der Waals surface area contributed by atoms with Gasteiger partial charge in [0.25, 0.3) is 0 Å². The fraction of sp³-hybridized carbons (Fsp3) is 0.118. The molecule has 3 aromatic rings. The number of rotatable bonds is 4. The first-order valence-corrected chi connectivity index (χ1v) is 8.92. The maximum atomic E-state index is 11.5. The standard InChI is InChI=1S/C17H16N3O2S/c1-12-5-3-4-6-15(12)18-17-11-16(19-20-17)13-7-9-14(10-8-13)23(2,21)22/h4-11H,1-2H3,(H2,18,19,20). The molecule has 0 fully saturated rings. The summed E-state index contributed by atoms with van der Waals surface area (Å²) in [5, 5.41) is 10.4. The van der Waals surface area contributed by atoms with Crippen molar-refractivity contribution in [2.75, 3.05) is 11.6 Å². The lowest BCUT2D eigenvalue weighted by Gasteiger charge is -2.05. The Kier molecular flexibility index (Phi) is 3.92. The van der Waals surface area contributed by atoms with Crippen LogP contribution in [0.5, 0.6) is 0 Å². The molecule has 23 heavy (non-hydrogen) atoms. The molecule has 5 nitrogen and oxygen atoms in total. The zero-order chi connectivity index (χ0) is 16.4. The van der Waals surface area contributed by atoms with Crippen molar-refractivity contribution in [2.45, 2.75) is 11.8 Å². The van der Waals surface area contributed by atoms with E-state index in [1.54, 1.807) is 24.3 Å². The minimum atomic E-state index is -3.18. The van der Waals surface area contributed by atoms with Crippen LogP contribution in [-0.4, -0.2) is 24.9 Å². The van der Waals surface area contributed by atoms with Gasteiger partial charge in [-0.25, -0.2) is 8.42 Å². The molecule has 0 atom stereocenters. The van der Waals surface area contributed by atoms with Crippen LogP contribution < -0.4 is 5.32 Å². The molecule has 0 spiro atoms. The first kappa shape index (κ1) is 15.3. The van der Waals surface area contributed by atoms with Crippen molar-refractivity contribution in [3.8, 4) is 11.3 Å². The van der Waals surface area contributed by atoms with Crippen LogP contribution in [0.4, 0.5) is 11.5 Å². The van der Waals surface area contributed by atoms with Crippen molar-refractivity contribution in [3.63, 3.8) is 0 Å². The van der Waals surface area contributed by atoms with Gasteiger partial charge in [-0.1, -0.05) is 18.2 Å². The Labute approximate surface area is 135 Å². The highest BCUT2D eigenvalue weighted by atomic mass is 32.2. The molecular weight excluding hydrogens is 310 g/mol. The van der Waals surface area contributed by atoms with Crippen molar-refractivity contribution in [1.82, 2.24) is 10.2 Å². The monoisotopic (exact) mass is 326 g/mol. The van der Waals surface area contributed by atoms with Gasteiger partial charge in [0, 0.05) is 18.0 Å². The molecule has 3 rings (SSSR count). The zero-order valence-electron chi connectivity index (χ0n) is 12.8. The molecule has 0 amide bonds. The lowest BCUT2D eigenvalue weighted by molar-refractivity contribution is 0.602. The summed E-state index contributed by atoms with van der Waals surface area (Å²) in [5.74, 6) is 0.696. The number of aromatic amines is 1. The highest BCUT2D eigenvalue weighted by molar-refractivity contribution is 7.90. The van der Waals surface area contributed by atoms with E-state index >= 15 is 0 Å². The summed E-state index contributed by atoms with van der Waals surface area (Å²) in [5.41, 5.74) is 3.73. The Bertz CT molecular complexity index is 928. The molecule has 0 unspecified atom stereocenters. The molecule has 0 saturated heterocycles. The van der Waals surface area contributed by atoms with Crippen LogP contribution >= 0.6 is 0 Å². The van der Waals surface area contributed by atoms with Crippen molar-refractivity contribution >= 4 is 21.3 Å². The van der Waals surface area contributed by atoms with Gasteiger partial charge >= 0.3 is 0 Å². The van der Waals surface area contributed by atoms with E-state index in [0.29, 0.717) is 10.7 Å². The van der Waals surface area contributed by atoms with Crippen LogP contribution in [-0.2, 0) is 9.84 Å². The van der Waals surface area contributed by atoms with E-state index in [1.165, 1.54) is 6.26 Å². The number of sulfone groups is 1. The van der Waals surface area contributed by atoms with E-state index in [-0.39, 0.29) is 0 Å². The van der Waals surface area contributed by atoms with Crippen LogP contribution in [0.3, 0.4) is 0 Å². The summed E-state index contributed by atoms with van der Waals surface area (Å²) in [6.45, 7) is 2.00. The number of anilines is 2. The normalized spacial score (nSPS) is 11.4. The molecule has 0 aliphatic heterocycles. The number of H-pyrrole nitrogens is 1. The number of nitrogens with one attached hydrogen (secondary N) is 2. The molecule has 0 aliphatic carbocycles. The number of benzene rings is 2. The van der Waals surface area contributed by atoms with Crippen LogP contribution in [0.15, 0.2) is 53.4 Å². The smallest absolute Gasteiger partial charge is 0.175 e. The second kappa shape index (κ2) is 5.89. The highest BCUT2D eigenvalue weighted by Crippen LogP contribution is 2.24. The molecule has 0 saturated carbocycles. The van der Waals surface area contributed by atoms with E-state index in [2.05, 4.69) is 21.6 Å². The second-order valence-electron chi connectivity index (χ2n) is 5.33.